The molecule has 0 aliphatic rings. The zero-order valence-electron chi connectivity index (χ0n) is 16.6. The van der Waals surface area contributed by atoms with Crippen LogP contribution in [-0.2, 0) is 0 Å². The minimum absolute atomic E-state index is 0.443. The van der Waals surface area contributed by atoms with Gasteiger partial charge >= 0.3 is 0 Å². The van der Waals surface area contributed by atoms with Crippen LogP contribution in [0.1, 0.15) is 68.6 Å². The molecule has 0 saturated carbocycles. The predicted molar refractivity (Wildman–Crippen MR) is 115 cm³/mol. The largest absolute Gasteiger partial charge is 0.494 e. The van der Waals surface area contributed by atoms with Gasteiger partial charge in [0.05, 0.1) is 18.0 Å². The van der Waals surface area contributed by atoms with E-state index in [0.29, 0.717) is 11.3 Å². The molecule has 0 aromatic heterocycles. The summed E-state index contributed by atoms with van der Waals surface area (Å²) in [6, 6.07) is 14.3. The number of benzene rings is 2. The van der Waals surface area contributed by atoms with Gasteiger partial charge in [0.1, 0.15) is 5.75 Å². The number of azo groups is 1. The summed E-state index contributed by atoms with van der Waals surface area (Å²) in [5, 5.41) is 7.87. The van der Waals surface area contributed by atoms with Gasteiger partial charge in [-0.3, -0.25) is 4.79 Å². The average Bonchev–Trinajstić information content (AvgIpc) is 2.72. The maximum absolute atomic E-state index is 11.0. The number of carbonyl (C=O) groups excluding carboxylic acids is 1. The molecule has 0 saturated heterocycles. The van der Waals surface area contributed by atoms with Crippen molar-refractivity contribution in [2.75, 3.05) is 6.61 Å². The Bertz CT molecular complexity index is 727. The second-order valence-corrected chi connectivity index (χ2v) is 7.18. The van der Waals surface area contributed by atoms with Crippen LogP contribution in [0.4, 0.5) is 11.4 Å². The molecule has 0 aliphatic heterocycles. The molecule has 0 radical (unpaired) electrons. The normalized spacial score (nSPS) is 11.1. The van der Waals surface area contributed by atoms with E-state index in [9.17, 15) is 4.79 Å². The first-order valence-corrected chi connectivity index (χ1v) is 10.5. The Kier molecular flexibility index (Phi) is 10.3. The van der Waals surface area contributed by atoms with Crippen molar-refractivity contribution in [2.24, 2.45) is 10.2 Å². The van der Waals surface area contributed by atoms with Gasteiger partial charge in [-0.25, -0.2) is 0 Å². The third-order valence-corrected chi connectivity index (χ3v) is 4.70. The molecular formula is C23H29ClN2O2. The second-order valence-electron chi connectivity index (χ2n) is 6.84. The van der Waals surface area contributed by atoms with Gasteiger partial charge in [0.15, 0.2) is 0 Å². The van der Waals surface area contributed by atoms with Crippen LogP contribution in [0.3, 0.4) is 0 Å². The fraction of sp³-hybridized carbons (Fsp3) is 0.435. The van der Waals surface area contributed by atoms with Crippen molar-refractivity contribution in [1.29, 1.82) is 0 Å². The van der Waals surface area contributed by atoms with E-state index >= 15 is 0 Å². The molecule has 2 aromatic rings. The highest BCUT2D eigenvalue weighted by molar-refractivity contribution is 6.67. The summed E-state index contributed by atoms with van der Waals surface area (Å²) in [5.41, 5.74) is 1.85. The number of ether oxygens (including phenoxy) is 1. The molecule has 0 aliphatic carbocycles. The molecule has 4 nitrogen and oxygen atoms in total. The van der Waals surface area contributed by atoms with Gasteiger partial charge in [-0.05, 0) is 66.6 Å². The summed E-state index contributed by atoms with van der Waals surface area (Å²) >= 11 is 5.42. The smallest absolute Gasteiger partial charge is 0.252 e. The summed E-state index contributed by atoms with van der Waals surface area (Å²) in [6.45, 7) is 3.00. The van der Waals surface area contributed by atoms with E-state index < -0.39 is 5.24 Å². The van der Waals surface area contributed by atoms with Gasteiger partial charge in [-0.15, -0.1) is 0 Å². The third kappa shape index (κ3) is 8.66. The lowest BCUT2D eigenvalue weighted by Gasteiger charge is -2.06. The predicted octanol–water partition coefficient (Wildman–Crippen LogP) is 8.00. The highest BCUT2D eigenvalue weighted by Crippen LogP contribution is 2.22. The number of halogens is 1. The van der Waals surface area contributed by atoms with Crippen LogP contribution in [0.25, 0.3) is 0 Å². The van der Waals surface area contributed by atoms with Crippen molar-refractivity contribution in [3.8, 4) is 5.75 Å². The Labute approximate surface area is 173 Å². The summed E-state index contributed by atoms with van der Waals surface area (Å²) < 4.78 is 5.79. The van der Waals surface area contributed by atoms with Crippen LogP contribution in [0.15, 0.2) is 58.8 Å². The van der Waals surface area contributed by atoms with Crippen molar-refractivity contribution < 1.29 is 9.53 Å². The van der Waals surface area contributed by atoms with Gasteiger partial charge < -0.3 is 4.74 Å². The molecule has 0 heterocycles. The molecule has 0 fully saturated rings. The molecule has 0 unspecified atom stereocenters. The monoisotopic (exact) mass is 400 g/mol. The van der Waals surface area contributed by atoms with E-state index in [4.69, 9.17) is 16.3 Å². The Balaban J connectivity index is 1.66. The third-order valence-electron chi connectivity index (χ3n) is 4.48. The molecule has 0 bridgehead atoms. The molecule has 2 rings (SSSR count). The summed E-state index contributed by atoms with van der Waals surface area (Å²) in [4.78, 5) is 11.0. The Morgan fingerprint density at radius 3 is 1.82 bits per heavy atom. The van der Waals surface area contributed by atoms with Crippen molar-refractivity contribution in [1.82, 2.24) is 0 Å². The molecule has 0 amide bonds. The number of hydrogen-bond acceptors (Lipinski definition) is 4. The Hall–Kier alpha value is -2.20. The first-order chi connectivity index (χ1) is 13.7. The molecule has 28 heavy (non-hydrogen) atoms. The SMILES string of the molecule is CCCCCCCCCCOc1ccc(N=Nc2ccc(C(=O)Cl)cc2)cc1. The van der Waals surface area contributed by atoms with Gasteiger partial charge in [-0.2, -0.15) is 10.2 Å². The van der Waals surface area contributed by atoms with Crippen LogP contribution in [0.5, 0.6) is 5.75 Å². The first-order valence-electron chi connectivity index (χ1n) is 10.1. The fourth-order valence-corrected chi connectivity index (χ4v) is 2.94. The lowest BCUT2D eigenvalue weighted by atomic mass is 10.1. The number of hydrogen-bond donors (Lipinski definition) is 0. The van der Waals surface area contributed by atoms with Crippen LogP contribution in [-0.4, -0.2) is 11.8 Å². The van der Waals surface area contributed by atoms with Gasteiger partial charge in [-0.1, -0.05) is 51.9 Å². The zero-order valence-corrected chi connectivity index (χ0v) is 17.3. The first kappa shape index (κ1) is 22.1. The second kappa shape index (κ2) is 13.1. The van der Waals surface area contributed by atoms with Gasteiger partial charge in [0.25, 0.3) is 5.24 Å². The van der Waals surface area contributed by atoms with Crippen molar-refractivity contribution in [3.63, 3.8) is 0 Å². The highest BCUT2D eigenvalue weighted by Gasteiger charge is 2.00. The van der Waals surface area contributed by atoms with E-state index in [1.165, 1.54) is 44.9 Å². The van der Waals surface area contributed by atoms with Gasteiger partial charge in [0.2, 0.25) is 0 Å². The molecule has 0 N–H and O–H groups in total. The van der Waals surface area contributed by atoms with Crippen LogP contribution in [0.2, 0.25) is 0 Å². The number of carbonyl (C=O) groups is 1. The Morgan fingerprint density at radius 2 is 1.29 bits per heavy atom. The maximum Gasteiger partial charge on any atom is 0.252 e. The van der Waals surface area contributed by atoms with E-state index in [1.807, 2.05) is 24.3 Å². The van der Waals surface area contributed by atoms with E-state index in [0.717, 1.165) is 24.5 Å². The molecule has 2 aromatic carbocycles. The number of unbranched alkanes of at least 4 members (excludes halogenated alkanes) is 7. The quantitative estimate of drug-likeness (QED) is 0.194. The summed E-state index contributed by atoms with van der Waals surface area (Å²) in [5.74, 6) is 0.854. The fourth-order valence-electron chi connectivity index (χ4n) is 2.81. The van der Waals surface area contributed by atoms with Crippen molar-refractivity contribution in [3.05, 3.63) is 54.1 Å². The van der Waals surface area contributed by atoms with Crippen LogP contribution >= 0.6 is 11.6 Å². The van der Waals surface area contributed by atoms with E-state index in [1.54, 1.807) is 24.3 Å². The molecular weight excluding hydrogens is 372 g/mol. The lowest BCUT2D eigenvalue weighted by Crippen LogP contribution is -1.96. The minimum atomic E-state index is -0.481. The number of nitrogens with zero attached hydrogens (tertiary/aromatic N) is 2. The number of rotatable bonds is 13. The van der Waals surface area contributed by atoms with Crippen molar-refractivity contribution >= 4 is 28.2 Å². The summed E-state index contributed by atoms with van der Waals surface area (Å²) in [7, 11) is 0. The Morgan fingerprint density at radius 1 is 0.786 bits per heavy atom. The lowest BCUT2D eigenvalue weighted by molar-refractivity contribution is 0.108. The molecule has 0 atom stereocenters. The average molecular weight is 401 g/mol. The topological polar surface area (TPSA) is 51.0 Å². The van der Waals surface area contributed by atoms with Crippen molar-refractivity contribution in [2.45, 2.75) is 58.3 Å². The van der Waals surface area contributed by atoms with Crippen LogP contribution in [0, 0.1) is 0 Å². The highest BCUT2D eigenvalue weighted by atomic mass is 35.5. The van der Waals surface area contributed by atoms with Gasteiger partial charge in [0, 0.05) is 5.56 Å². The molecule has 0 spiro atoms. The maximum atomic E-state index is 11.0. The minimum Gasteiger partial charge on any atom is -0.494 e. The molecule has 5 heteroatoms. The van der Waals surface area contributed by atoms with E-state index in [2.05, 4.69) is 17.2 Å². The zero-order chi connectivity index (χ0) is 20.0. The molecule has 150 valence electrons. The standard InChI is InChI=1S/C23H29ClN2O2/c1-2-3-4-5-6-7-8-9-18-28-22-16-14-21(15-17-22)26-25-20-12-10-19(11-13-20)23(24)27/h10-17H,2-9,18H2,1H3. The van der Waals surface area contributed by atoms with E-state index in [-0.39, 0.29) is 0 Å². The van der Waals surface area contributed by atoms with Crippen LogP contribution < -0.4 is 4.74 Å². The summed E-state index contributed by atoms with van der Waals surface area (Å²) in [6.07, 6.45) is 10.4.